The van der Waals surface area contributed by atoms with Gasteiger partial charge in [-0.2, -0.15) is 0 Å². The molecule has 0 bridgehead atoms. The Morgan fingerprint density at radius 1 is 0.821 bits per heavy atom. The summed E-state index contributed by atoms with van der Waals surface area (Å²) >= 11 is 0. The molecule has 16 nitrogen and oxygen atoms in total. The first-order valence-corrected chi connectivity index (χ1v) is 11.6. The fourth-order valence-electron chi connectivity index (χ4n) is 3.44. The molecule has 0 saturated heterocycles. The number of nitrogens with one attached hydrogen (secondary N) is 4. The number of carboxylic acids is 1. The van der Waals surface area contributed by atoms with Gasteiger partial charge in [-0.15, -0.1) is 0 Å². The Morgan fingerprint density at radius 2 is 1.38 bits per heavy atom. The molecule has 210 valence electrons. The molecule has 16 heteroatoms. The summed E-state index contributed by atoms with van der Waals surface area (Å²) in [5.74, 6) is -6.07. The fourth-order valence-corrected chi connectivity index (χ4v) is 3.44. The van der Waals surface area contributed by atoms with E-state index in [1.54, 1.807) is 0 Å². The van der Waals surface area contributed by atoms with Crippen molar-refractivity contribution in [3.8, 4) is 5.75 Å². The van der Waals surface area contributed by atoms with Crippen LogP contribution in [0, 0.1) is 0 Å². The Kier molecular flexibility index (Phi) is 10.9. The summed E-state index contributed by atoms with van der Waals surface area (Å²) in [7, 11) is 0. The van der Waals surface area contributed by atoms with Gasteiger partial charge in [0.25, 0.3) is 0 Å². The minimum absolute atomic E-state index is 0.0230. The lowest BCUT2D eigenvalue weighted by molar-refractivity contribution is -0.142. The number of carbonyl (C=O) groups is 6. The number of nitrogens with two attached hydrogens (primary N) is 3. The number of aromatic amines is 1. The van der Waals surface area contributed by atoms with Gasteiger partial charge >= 0.3 is 5.97 Å². The summed E-state index contributed by atoms with van der Waals surface area (Å²) in [6, 6.07) is -0.0749. The normalized spacial score (nSPS) is 13.8. The van der Waals surface area contributed by atoms with Crippen molar-refractivity contribution >= 4 is 35.5 Å². The van der Waals surface area contributed by atoms with Gasteiger partial charge in [-0.1, -0.05) is 12.1 Å². The standard InChI is InChI=1S/C23H30N8O8/c24-14(7-18(25)33)20(35)29-16(8-19(26)34)22(37)30-15(6-12-9-27-10-28-12)21(36)31-17(23(38)39)5-11-1-3-13(32)4-2-11/h1-4,9-10,14-17,32H,5-8,24H2,(H2,25,33)(H2,26,34)(H,27,28)(H,29,35)(H,30,37)(H,31,36)(H,38,39). The molecular formula is C23H30N8O8. The van der Waals surface area contributed by atoms with Crippen LogP contribution in [0.1, 0.15) is 24.1 Å². The van der Waals surface area contributed by atoms with Crippen molar-refractivity contribution in [3.63, 3.8) is 0 Å². The number of carboxylic acid groups (broad SMARTS) is 1. The zero-order valence-electron chi connectivity index (χ0n) is 20.6. The van der Waals surface area contributed by atoms with Crippen LogP contribution in [-0.4, -0.2) is 79.9 Å². The van der Waals surface area contributed by atoms with E-state index < -0.39 is 72.5 Å². The summed E-state index contributed by atoms with van der Waals surface area (Å²) in [5, 5.41) is 26.0. The van der Waals surface area contributed by atoms with E-state index >= 15 is 0 Å². The van der Waals surface area contributed by atoms with E-state index in [1.807, 2.05) is 0 Å². The van der Waals surface area contributed by atoms with Gasteiger partial charge in [0.15, 0.2) is 0 Å². The van der Waals surface area contributed by atoms with E-state index in [0.29, 0.717) is 11.3 Å². The Labute approximate surface area is 221 Å². The molecule has 1 aromatic carbocycles. The van der Waals surface area contributed by atoms with E-state index in [-0.39, 0.29) is 18.6 Å². The topological polar surface area (TPSA) is 286 Å². The van der Waals surface area contributed by atoms with Crippen LogP contribution in [0.15, 0.2) is 36.8 Å². The molecule has 5 amide bonds. The van der Waals surface area contributed by atoms with Gasteiger partial charge in [-0.05, 0) is 17.7 Å². The number of primary amides is 2. The molecule has 0 radical (unpaired) electrons. The number of hydrogen-bond acceptors (Lipinski definition) is 9. The molecule has 2 aromatic rings. The van der Waals surface area contributed by atoms with Crippen molar-refractivity contribution < 1.29 is 39.0 Å². The second-order valence-corrected chi connectivity index (χ2v) is 8.62. The first kappa shape index (κ1) is 30.2. The highest BCUT2D eigenvalue weighted by atomic mass is 16.4. The van der Waals surface area contributed by atoms with Gasteiger partial charge in [0.2, 0.25) is 29.5 Å². The number of carbonyl (C=O) groups excluding carboxylic acids is 5. The molecule has 1 heterocycles. The lowest BCUT2D eigenvalue weighted by Crippen LogP contribution is -2.58. The molecule has 0 fully saturated rings. The Bertz CT molecular complexity index is 1190. The predicted molar refractivity (Wildman–Crippen MR) is 133 cm³/mol. The molecule has 4 unspecified atom stereocenters. The van der Waals surface area contributed by atoms with Crippen LogP contribution in [0.2, 0.25) is 0 Å². The summed E-state index contributed by atoms with van der Waals surface area (Å²) in [4.78, 5) is 79.5. The summed E-state index contributed by atoms with van der Waals surface area (Å²) in [6.45, 7) is 0. The number of imidazole rings is 1. The number of aromatic hydroxyl groups is 1. The molecule has 0 aliphatic rings. The molecule has 2 rings (SSSR count). The Hall–Kier alpha value is -4.99. The number of nitrogens with zero attached hydrogens (tertiary/aromatic N) is 1. The van der Waals surface area contributed by atoms with Gasteiger partial charge in [-0.25, -0.2) is 9.78 Å². The minimum atomic E-state index is -1.57. The van der Waals surface area contributed by atoms with E-state index in [9.17, 15) is 39.0 Å². The maximum atomic E-state index is 13.1. The first-order valence-electron chi connectivity index (χ1n) is 11.6. The van der Waals surface area contributed by atoms with E-state index in [4.69, 9.17) is 17.2 Å². The smallest absolute Gasteiger partial charge is 0.326 e. The third kappa shape index (κ3) is 10.1. The van der Waals surface area contributed by atoms with Gasteiger partial charge in [0.05, 0.1) is 25.2 Å². The van der Waals surface area contributed by atoms with Crippen molar-refractivity contribution in [2.24, 2.45) is 17.2 Å². The van der Waals surface area contributed by atoms with Gasteiger partial charge in [0, 0.05) is 24.7 Å². The van der Waals surface area contributed by atoms with Crippen LogP contribution in [0.25, 0.3) is 0 Å². The van der Waals surface area contributed by atoms with Crippen LogP contribution in [0.5, 0.6) is 5.75 Å². The van der Waals surface area contributed by atoms with Gasteiger partial charge in [-0.3, -0.25) is 24.0 Å². The third-order valence-corrected chi connectivity index (χ3v) is 5.40. The average molecular weight is 547 g/mol. The molecule has 0 spiro atoms. The second-order valence-electron chi connectivity index (χ2n) is 8.62. The minimum Gasteiger partial charge on any atom is -0.508 e. The van der Waals surface area contributed by atoms with E-state index in [0.717, 1.165) is 0 Å². The van der Waals surface area contributed by atoms with Crippen molar-refractivity contribution in [1.82, 2.24) is 25.9 Å². The van der Waals surface area contributed by atoms with Crippen molar-refractivity contribution in [2.75, 3.05) is 0 Å². The number of aliphatic carboxylic acids is 1. The van der Waals surface area contributed by atoms with Crippen LogP contribution in [-0.2, 0) is 41.6 Å². The van der Waals surface area contributed by atoms with Crippen molar-refractivity contribution in [2.45, 2.75) is 49.9 Å². The highest BCUT2D eigenvalue weighted by molar-refractivity contribution is 5.97. The third-order valence-electron chi connectivity index (χ3n) is 5.40. The number of rotatable bonds is 15. The lowest BCUT2D eigenvalue weighted by Gasteiger charge is -2.24. The lowest BCUT2D eigenvalue weighted by atomic mass is 10.0. The molecule has 0 saturated carbocycles. The van der Waals surface area contributed by atoms with Crippen molar-refractivity contribution in [3.05, 3.63) is 48.0 Å². The summed E-state index contributed by atoms with van der Waals surface area (Å²) in [6.07, 6.45) is 1.21. The van der Waals surface area contributed by atoms with E-state index in [1.165, 1.54) is 36.8 Å². The average Bonchev–Trinajstić information content (AvgIpc) is 3.36. The predicted octanol–water partition coefficient (Wildman–Crippen LogP) is -3.48. The summed E-state index contributed by atoms with van der Waals surface area (Å²) < 4.78 is 0. The maximum Gasteiger partial charge on any atom is 0.326 e. The molecule has 0 aliphatic carbocycles. The highest BCUT2D eigenvalue weighted by Gasteiger charge is 2.32. The van der Waals surface area contributed by atoms with Crippen LogP contribution < -0.4 is 33.2 Å². The highest BCUT2D eigenvalue weighted by Crippen LogP contribution is 2.12. The molecule has 39 heavy (non-hydrogen) atoms. The molecule has 12 N–H and O–H groups in total. The monoisotopic (exact) mass is 546 g/mol. The van der Waals surface area contributed by atoms with Crippen LogP contribution >= 0.6 is 0 Å². The summed E-state index contributed by atoms with van der Waals surface area (Å²) in [5.41, 5.74) is 16.7. The largest absolute Gasteiger partial charge is 0.508 e. The quantitative estimate of drug-likeness (QED) is 0.106. The Morgan fingerprint density at radius 3 is 1.92 bits per heavy atom. The second kappa shape index (κ2) is 14.1. The number of phenolic OH excluding ortho intramolecular Hbond substituents is 1. The fraction of sp³-hybridized carbons (Fsp3) is 0.348. The first-order chi connectivity index (χ1) is 18.3. The van der Waals surface area contributed by atoms with Crippen molar-refractivity contribution in [1.29, 1.82) is 0 Å². The number of aromatic nitrogens is 2. The zero-order chi connectivity index (χ0) is 29.1. The molecule has 4 atom stereocenters. The number of hydrogen-bond donors (Lipinski definition) is 9. The SMILES string of the molecule is NC(=O)CC(N)C(=O)NC(CC(N)=O)C(=O)NC(Cc1cnc[nH]1)C(=O)NC(Cc1ccc(O)cc1)C(=O)O. The van der Waals surface area contributed by atoms with Crippen LogP contribution in [0.3, 0.4) is 0 Å². The number of H-pyrrole nitrogens is 1. The Balaban J connectivity index is 2.22. The number of benzene rings is 1. The van der Waals surface area contributed by atoms with Gasteiger partial charge in [0.1, 0.15) is 23.9 Å². The molecule has 1 aromatic heterocycles. The van der Waals surface area contributed by atoms with Gasteiger partial charge < -0.3 is 48.3 Å². The number of amides is 5. The number of phenols is 1. The molecule has 0 aliphatic heterocycles. The zero-order valence-corrected chi connectivity index (χ0v) is 20.6. The maximum absolute atomic E-state index is 13.1. The molecular weight excluding hydrogens is 516 g/mol. The van der Waals surface area contributed by atoms with E-state index in [2.05, 4.69) is 25.9 Å². The van der Waals surface area contributed by atoms with Crippen LogP contribution in [0.4, 0.5) is 0 Å².